The van der Waals surface area contributed by atoms with Crippen LogP contribution in [-0.2, 0) is 14.8 Å². The third-order valence-corrected chi connectivity index (χ3v) is 5.70. The van der Waals surface area contributed by atoms with Crippen molar-refractivity contribution in [2.75, 3.05) is 26.2 Å². The van der Waals surface area contributed by atoms with E-state index in [-0.39, 0.29) is 16.9 Å². The number of nitrogens with zero attached hydrogens (tertiary/aromatic N) is 1. The summed E-state index contributed by atoms with van der Waals surface area (Å²) in [6.07, 6.45) is 1.90. The molecule has 2 rings (SSSR count). The lowest BCUT2D eigenvalue weighted by atomic mass is 10.1. The first-order valence-electron chi connectivity index (χ1n) is 8.84. The average molecular weight is 368 g/mol. The molecular formula is C18H28N2O4S. The summed E-state index contributed by atoms with van der Waals surface area (Å²) < 4.78 is 32.2. The second kappa shape index (κ2) is 8.78. The Bertz CT molecular complexity index is 663. The van der Waals surface area contributed by atoms with E-state index in [1.807, 2.05) is 4.90 Å². The Kier molecular flexibility index (Phi) is 6.98. The van der Waals surface area contributed by atoms with Gasteiger partial charge in [0, 0.05) is 31.8 Å². The van der Waals surface area contributed by atoms with E-state index in [2.05, 4.69) is 18.6 Å². The van der Waals surface area contributed by atoms with Gasteiger partial charge in [-0.05, 0) is 43.0 Å². The van der Waals surface area contributed by atoms with Crippen LogP contribution in [0.4, 0.5) is 0 Å². The van der Waals surface area contributed by atoms with Crippen LogP contribution in [0.25, 0.3) is 0 Å². The summed E-state index contributed by atoms with van der Waals surface area (Å²) in [6.45, 7) is 8.39. The van der Waals surface area contributed by atoms with E-state index < -0.39 is 10.0 Å². The molecule has 0 aliphatic carbocycles. The van der Waals surface area contributed by atoms with Gasteiger partial charge in [0.1, 0.15) is 0 Å². The molecule has 1 aromatic rings. The molecule has 1 heterocycles. The van der Waals surface area contributed by atoms with Gasteiger partial charge >= 0.3 is 0 Å². The summed E-state index contributed by atoms with van der Waals surface area (Å²) in [7, 11) is -3.49. The fourth-order valence-electron chi connectivity index (χ4n) is 2.79. The molecule has 0 unspecified atom stereocenters. The molecule has 0 saturated carbocycles. The van der Waals surface area contributed by atoms with E-state index >= 15 is 0 Å². The van der Waals surface area contributed by atoms with Crippen LogP contribution in [0, 0.1) is 5.92 Å². The third kappa shape index (κ3) is 5.52. The molecule has 25 heavy (non-hydrogen) atoms. The highest BCUT2D eigenvalue weighted by molar-refractivity contribution is 7.89. The van der Waals surface area contributed by atoms with Gasteiger partial charge in [-0.2, -0.15) is 0 Å². The van der Waals surface area contributed by atoms with Gasteiger partial charge in [0.05, 0.1) is 11.0 Å². The minimum absolute atomic E-state index is 0.0605. The smallest absolute Gasteiger partial charge is 0.253 e. The van der Waals surface area contributed by atoms with E-state index in [1.165, 1.54) is 12.1 Å². The first-order valence-corrected chi connectivity index (χ1v) is 10.3. The number of amides is 1. The zero-order valence-corrected chi connectivity index (χ0v) is 16.0. The third-order valence-electron chi connectivity index (χ3n) is 4.14. The van der Waals surface area contributed by atoms with Gasteiger partial charge in [0.25, 0.3) is 5.91 Å². The Balaban J connectivity index is 1.93. The second-order valence-corrected chi connectivity index (χ2v) is 8.51. The predicted molar refractivity (Wildman–Crippen MR) is 97.0 cm³/mol. The molecule has 1 aliphatic rings. The number of ether oxygens (including phenoxy) is 1. The molecule has 1 amide bonds. The zero-order valence-electron chi connectivity index (χ0n) is 15.2. The van der Waals surface area contributed by atoms with Crippen LogP contribution in [0.2, 0.25) is 0 Å². The minimum Gasteiger partial charge on any atom is -0.378 e. The fraction of sp³-hybridized carbons (Fsp3) is 0.611. The van der Waals surface area contributed by atoms with Crippen molar-refractivity contribution in [3.63, 3.8) is 0 Å². The topological polar surface area (TPSA) is 75.7 Å². The van der Waals surface area contributed by atoms with Crippen LogP contribution < -0.4 is 4.72 Å². The van der Waals surface area contributed by atoms with Crippen molar-refractivity contribution in [2.24, 2.45) is 5.92 Å². The van der Waals surface area contributed by atoms with E-state index in [9.17, 15) is 13.2 Å². The van der Waals surface area contributed by atoms with Gasteiger partial charge in [-0.25, -0.2) is 13.1 Å². The van der Waals surface area contributed by atoms with E-state index in [0.717, 1.165) is 19.4 Å². The summed E-state index contributed by atoms with van der Waals surface area (Å²) >= 11 is 0. The molecule has 1 saturated heterocycles. The van der Waals surface area contributed by atoms with Gasteiger partial charge < -0.3 is 9.64 Å². The lowest BCUT2D eigenvalue weighted by molar-refractivity contribution is -0.00231. The van der Waals surface area contributed by atoms with Gasteiger partial charge in [0.2, 0.25) is 10.0 Å². The number of hydrogen-bond acceptors (Lipinski definition) is 4. The first kappa shape index (κ1) is 19.9. The summed E-state index contributed by atoms with van der Waals surface area (Å²) in [5.41, 5.74) is 0.511. The molecule has 0 radical (unpaired) electrons. The Morgan fingerprint density at radius 2 is 1.84 bits per heavy atom. The highest BCUT2D eigenvalue weighted by Crippen LogP contribution is 2.18. The SMILES string of the molecule is CCNS(=O)(=O)c1ccc(C(=O)N2CCC(OCC(C)C)CC2)cc1. The number of piperidine rings is 1. The molecule has 1 aliphatic heterocycles. The highest BCUT2D eigenvalue weighted by atomic mass is 32.2. The minimum atomic E-state index is -3.49. The van der Waals surface area contributed by atoms with Crippen molar-refractivity contribution in [1.82, 2.24) is 9.62 Å². The maximum Gasteiger partial charge on any atom is 0.253 e. The Morgan fingerprint density at radius 1 is 1.24 bits per heavy atom. The standard InChI is InChI=1S/C18H28N2O4S/c1-4-19-25(22,23)17-7-5-15(6-8-17)18(21)20-11-9-16(10-12-20)24-13-14(2)3/h5-8,14,16,19H,4,9-13H2,1-3H3. The van der Waals surface area contributed by atoms with Crippen LogP contribution in [-0.4, -0.2) is 51.6 Å². The highest BCUT2D eigenvalue weighted by Gasteiger charge is 2.24. The molecule has 1 aromatic carbocycles. The van der Waals surface area contributed by atoms with Crippen LogP contribution in [0.1, 0.15) is 44.0 Å². The van der Waals surface area contributed by atoms with E-state index in [4.69, 9.17) is 4.74 Å². The lowest BCUT2D eigenvalue weighted by Crippen LogP contribution is -2.41. The Hall–Kier alpha value is -1.44. The summed E-state index contributed by atoms with van der Waals surface area (Å²) in [5.74, 6) is 0.450. The molecule has 1 N–H and O–H groups in total. The molecule has 140 valence electrons. The number of rotatable bonds is 7. The van der Waals surface area contributed by atoms with Crippen molar-refractivity contribution in [2.45, 2.75) is 44.6 Å². The fourth-order valence-corrected chi connectivity index (χ4v) is 3.83. The second-order valence-electron chi connectivity index (χ2n) is 6.74. The van der Waals surface area contributed by atoms with Crippen molar-refractivity contribution in [3.05, 3.63) is 29.8 Å². The molecule has 0 atom stereocenters. The average Bonchev–Trinajstić information content (AvgIpc) is 2.60. The molecular weight excluding hydrogens is 340 g/mol. The van der Waals surface area contributed by atoms with Crippen molar-refractivity contribution < 1.29 is 17.9 Å². The van der Waals surface area contributed by atoms with E-state index in [1.54, 1.807) is 19.1 Å². The number of sulfonamides is 1. The Morgan fingerprint density at radius 3 is 2.36 bits per heavy atom. The quantitative estimate of drug-likeness (QED) is 0.801. The van der Waals surface area contributed by atoms with Crippen LogP contribution >= 0.6 is 0 Å². The predicted octanol–water partition coefficient (Wildman–Crippen LogP) is 2.26. The van der Waals surface area contributed by atoms with Crippen LogP contribution in [0.3, 0.4) is 0 Å². The molecule has 7 heteroatoms. The summed E-state index contributed by atoms with van der Waals surface area (Å²) in [6, 6.07) is 6.11. The number of carbonyl (C=O) groups excluding carboxylic acids is 1. The lowest BCUT2D eigenvalue weighted by Gasteiger charge is -2.32. The number of likely N-dealkylation sites (tertiary alicyclic amines) is 1. The summed E-state index contributed by atoms with van der Waals surface area (Å²) in [4.78, 5) is 14.6. The molecule has 6 nitrogen and oxygen atoms in total. The van der Waals surface area contributed by atoms with Crippen molar-refractivity contribution >= 4 is 15.9 Å². The number of hydrogen-bond donors (Lipinski definition) is 1. The number of carbonyl (C=O) groups is 1. The van der Waals surface area contributed by atoms with Gasteiger partial charge in [-0.15, -0.1) is 0 Å². The largest absolute Gasteiger partial charge is 0.378 e. The molecule has 0 bridgehead atoms. The first-order chi connectivity index (χ1) is 11.8. The van der Waals surface area contributed by atoms with Gasteiger partial charge in [-0.3, -0.25) is 4.79 Å². The maximum absolute atomic E-state index is 12.6. The molecule has 1 fully saturated rings. The summed E-state index contributed by atoms with van der Waals surface area (Å²) in [5, 5.41) is 0. The monoisotopic (exact) mass is 368 g/mol. The molecule has 0 spiro atoms. The van der Waals surface area contributed by atoms with Crippen LogP contribution in [0.15, 0.2) is 29.2 Å². The molecule has 0 aromatic heterocycles. The Labute approximate surface area is 150 Å². The maximum atomic E-state index is 12.6. The number of benzene rings is 1. The van der Waals surface area contributed by atoms with Gasteiger partial charge in [-0.1, -0.05) is 20.8 Å². The number of nitrogens with one attached hydrogen (secondary N) is 1. The van der Waals surface area contributed by atoms with Crippen LogP contribution in [0.5, 0.6) is 0 Å². The van der Waals surface area contributed by atoms with Crippen molar-refractivity contribution in [3.8, 4) is 0 Å². The van der Waals surface area contributed by atoms with E-state index in [0.29, 0.717) is 31.1 Å². The zero-order chi connectivity index (χ0) is 18.4. The van der Waals surface area contributed by atoms with Crippen molar-refractivity contribution in [1.29, 1.82) is 0 Å². The normalized spacial score (nSPS) is 16.4. The van der Waals surface area contributed by atoms with Gasteiger partial charge in [0.15, 0.2) is 0 Å².